The largest absolute Gasteiger partial charge is 0.468 e. The molecule has 0 amide bonds. The zero-order valence-electron chi connectivity index (χ0n) is 14.4. The molecule has 2 aromatic rings. The predicted molar refractivity (Wildman–Crippen MR) is 95.3 cm³/mol. The highest BCUT2D eigenvalue weighted by atomic mass is 35.5. The van der Waals surface area contributed by atoms with Crippen LogP contribution in [0, 0.1) is 6.92 Å². The van der Waals surface area contributed by atoms with Gasteiger partial charge in [0, 0.05) is 17.1 Å². The van der Waals surface area contributed by atoms with E-state index in [0.29, 0.717) is 31.0 Å². The summed E-state index contributed by atoms with van der Waals surface area (Å²) in [6, 6.07) is 9.17. The number of hydrogen-bond acceptors (Lipinski definition) is 5. The topological polar surface area (TPSA) is 62.9 Å². The molecule has 0 spiro atoms. The van der Waals surface area contributed by atoms with Crippen LogP contribution < -0.4 is 0 Å². The molecule has 1 fully saturated rings. The van der Waals surface area contributed by atoms with Gasteiger partial charge in [-0.3, -0.25) is 9.69 Å². The van der Waals surface area contributed by atoms with Crippen LogP contribution >= 0.6 is 11.6 Å². The van der Waals surface area contributed by atoms with Crippen LogP contribution in [-0.2, 0) is 16.1 Å². The number of esters is 1. The first kappa shape index (κ1) is 18.0. The van der Waals surface area contributed by atoms with Gasteiger partial charge in [-0.05, 0) is 43.5 Å². The molecule has 2 atom stereocenters. The SMILES string of the molecule is COC(=O)[C@@H]1C[C@H](O)CCN1Cc1ccc(-c2ccc(C)c(Cl)c2)o1. The average Bonchev–Trinajstić information content (AvgIpc) is 3.06. The Bertz CT molecular complexity index is 758. The molecule has 0 bridgehead atoms. The second-order valence-corrected chi connectivity index (χ2v) is 6.82. The van der Waals surface area contributed by atoms with Gasteiger partial charge in [0.25, 0.3) is 0 Å². The zero-order chi connectivity index (χ0) is 18.0. The smallest absolute Gasteiger partial charge is 0.323 e. The van der Waals surface area contributed by atoms with Crippen LogP contribution in [-0.4, -0.2) is 41.8 Å². The number of methoxy groups -OCH3 is 1. The fourth-order valence-corrected chi connectivity index (χ4v) is 3.31. The average molecular weight is 364 g/mol. The van der Waals surface area contributed by atoms with Crippen molar-refractivity contribution in [3.8, 4) is 11.3 Å². The molecule has 2 heterocycles. The Morgan fingerprint density at radius 3 is 2.92 bits per heavy atom. The molecule has 0 aliphatic carbocycles. The number of likely N-dealkylation sites (tertiary alicyclic amines) is 1. The summed E-state index contributed by atoms with van der Waals surface area (Å²) < 4.78 is 10.8. The Labute approximate surface area is 152 Å². The van der Waals surface area contributed by atoms with Crippen molar-refractivity contribution < 1.29 is 19.1 Å². The van der Waals surface area contributed by atoms with Crippen molar-refractivity contribution in [1.29, 1.82) is 0 Å². The summed E-state index contributed by atoms with van der Waals surface area (Å²) in [6.07, 6.45) is 0.546. The zero-order valence-corrected chi connectivity index (χ0v) is 15.1. The Morgan fingerprint density at radius 1 is 1.40 bits per heavy atom. The minimum Gasteiger partial charge on any atom is -0.468 e. The van der Waals surface area contributed by atoms with E-state index in [2.05, 4.69) is 0 Å². The predicted octanol–water partition coefficient (Wildman–Crippen LogP) is 3.41. The van der Waals surface area contributed by atoms with Gasteiger partial charge in [-0.2, -0.15) is 0 Å². The third kappa shape index (κ3) is 4.06. The molecular weight excluding hydrogens is 342 g/mol. The van der Waals surface area contributed by atoms with Gasteiger partial charge < -0.3 is 14.3 Å². The van der Waals surface area contributed by atoms with Crippen molar-refractivity contribution in [3.05, 3.63) is 46.7 Å². The maximum Gasteiger partial charge on any atom is 0.323 e. The lowest BCUT2D eigenvalue weighted by Gasteiger charge is -2.35. The number of benzene rings is 1. The lowest BCUT2D eigenvalue weighted by Crippen LogP contribution is -2.48. The molecule has 1 aliphatic heterocycles. The molecule has 25 heavy (non-hydrogen) atoms. The molecule has 3 rings (SSSR count). The van der Waals surface area contributed by atoms with Crippen LogP contribution in [0.15, 0.2) is 34.7 Å². The van der Waals surface area contributed by atoms with E-state index < -0.39 is 12.1 Å². The molecule has 1 saturated heterocycles. The van der Waals surface area contributed by atoms with E-state index in [9.17, 15) is 9.90 Å². The van der Waals surface area contributed by atoms with Gasteiger partial charge in [0.2, 0.25) is 0 Å². The third-order valence-corrected chi connectivity index (χ3v) is 5.04. The van der Waals surface area contributed by atoms with Crippen molar-refractivity contribution in [2.24, 2.45) is 0 Å². The third-order valence-electron chi connectivity index (χ3n) is 4.64. The number of rotatable bonds is 4. The number of nitrogens with zero attached hydrogens (tertiary/aromatic N) is 1. The van der Waals surface area contributed by atoms with Gasteiger partial charge in [0.05, 0.1) is 19.8 Å². The quantitative estimate of drug-likeness (QED) is 0.843. The number of aliphatic hydroxyl groups excluding tert-OH is 1. The van der Waals surface area contributed by atoms with Crippen LogP contribution in [0.5, 0.6) is 0 Å². The van der Waals surface area contributed by atoms with E-state index in [1.54, 1.807) is 0 Å². The first-order valence-electron chi connectivity index (χ1n) is 8.33. The minimum absolute atomic E-state index is 0.323. The van der Waals surface area contributed by atoms with Gasteiger partial charge in [-0.1, -0.05) is 23.7 Å². The fraction of sp³-hybridized carbons (Fsp3) is 0.421. The lowest BCUT2D eigenvalue weighted by atomic mass is 9.99. The summed E-state index contributed by atoms with van der Waals surface area (Å²) in [5.74, 6) is 1.18. The first-order chi connectivity index (χ1) is 12.0. The highest BCUT2D eigenvalue weighted by Gasteiger charge is 2.33. The van der Waals surface area contributed by atoms with Crippen molar-refractivity contribution in [1.82, 2.24) is 4.90 Å². The molecule has 6 heteroatoms. The van der Waals surface area contributed by atoms with Crippen molar-refractivity contribution >= 4 is 17.6 Å². The van der Waals surface area contributed by atoms with E-state index in [0.717, 1.165) is 22.6 Å². The summed E-state index contributed by atoms with van der Waals surface area (Å²) in [7, 11) is 1.37. The summed E-state index contributed by atoms with van der Waals surface area (Å²) in [4.78, 5) is 14.0. The maximum atomic E-state index is 12.0. The number of furan rings is 1. The standard InChI is InChI=1S/C19H22ClNO4/c1-12-3-4-13(9-16(12)20)18-6-5-15(25-18)11-21-8-7-14(22)10-17(21)19(23)24-2/h3-6,9,14,17,22H,7-8,10-11H2,1-2H3/t14-,17+/m1/s1. The number of aliphatic hydroxyl groups is 1. The number of aryl methyl sites for hydroxylation is 1. The molecule has 0 saturated carbocycles. The number of carbonyl (C=O) groups excluding carboxylic acids is 1. The van der Waals surface area contributed by atoms with E-state index in [4.69, 9.17) is 20.8 Å². The first-order valence-corrected chi connectivity index (χ1v) is 8.71. The summed E-state index contributed by atoms with van der Waals surface area (Å²) in [6.45, 7) is 3.07. The summed E-state index contributed by atoms with van der Waals surface area (Å²) >= 11 is 6.18. The molecular formula is C19H22ClNO4. The van der Waals surface area contributed by atoms with Gasteiger partial charge in [0.15, 0.2) is 0 Å². The van der Waals surface area contributed by atoms with Crippen LogP contribution in [0.1, 0.15) is 24.2 Å². The number of halogens is 1. The van der Waals surface area contributed by atoms with E-state index in [-0.39, 0.29) is 5.97 Å². The molecule has 0 radical (unpaired) electrons. The Hall–Kier alpha value is -1.82. The number of piperidine rings is 1. The molecule has 1 aromatic carbocycles. The second-order valence-electron chi connectivity index (χ2n) is 6.42. The van der Waals surface area contributed by atoms with Crippen LogP contribution in [0.2, 0.25) is 5.02 Å². The van der Waals surface area contributed by atoms with Crippen LogP contribution in [0.3, 0.4) is 0 Å². The highest BCUT2D eigenvalue weighted by molar-refractivity contribution is 6.31. The van der Waals surface area contributed by atoms with Gasteiger partial charge >= 0.3 is 5.97 Å². The Balaban J connectivity index is 1.75. The monoisotopic (exact) mass is 363 g/mol. The lowest BCUT2D eigenvalue weighted by molar-refractivity contribution is -0.150. The highest BCUT2D eigenvalue weighted by Crippen LogP contribution is 2.28. The Morgan fingerprint density at radius 2 is 2.20 bits per heavy atom. The van der Waals surface area contributed by atoms with Gasteiger partial charge in [-0.25, -0.2) is 0 Å². The van der Waals surface area contributed by atoms with Crippen LogP contribution in [0.4, 0.5) is 0 Å². The molecule has 134 valence electrons. The minimum atomic E-state index is -0.470. The second kappa shape index (κ2) is 7.60. The number of ether oxygens (including phenoxy) is 1. The summed E-state index contributed by atoms with van der Waals surface area (Å²) in [5.41, 5.74) is 1.94. The molecule has 1 aromatic heterocycles. The van der Waals surface area contributed by atoms with Crippen molar-refractivity contribution in [2.45, 2.75) is 38.5 Å². The van der Waals surface area contributed by atoms with Crippen molar-refractivity contribution in [2.75, 3.05) is 13.7 Å². The van der Waals surface area contributed by atoms with E-state index in [1.165, 1.54) is 7.11 Å². The van der Waals surface area contributed by atoms with E-state index in [1.807, 2.05) is 42.2 Å². The number of carbonyl (C=O) groups is 1. The maximum absolute atomic E-state index is 12.0. The number of hydrogen-bond donors (Lipinski definition) is 1. The summed E-state index contributed by atoms with van der Waals surface area (Å²) in [5, 5.41) is 10.5. The van der Waals surface area contributed by atoms with Crippen molar-refractivity contribution in [3.63, 3.8) is 0 Å². The molecule has 5 nitrogen and oxygen atoms in total. The molecule has 1 N–H and O–H groups in total. The Kier molecular flexibility index (Phi) is 5.47. The van der Waals surface area contributed by atoms with E-state index >= 15 is 0 Å². The van der Waals surface area contributed by atoms with Gasteiger partial charge in [-0.15, -0.1) is 0 Å². The van der Waals surface area contributed by atoms with Crippen LogP contribution in [0.25, 0.3) is 11.3 Å². The molecule has 1 aliphatic rings. The van der Waals surface area contributed by atoms with Gasteiger partial charge in [0.1, 0.15) is 17.6 Å². The normalized spacial score (nSPS) is 21.3. The molecule has 0 unspecified atom stereocenters. The fourth-order valence-electron chi connectivity index (χ4n) is 3.13.